The molecular formula is C27H32N2O5. The van der Waals surface area contributed by atoms with Crippen molar-refractivity contribution in [3.05, 3.63) is 59.7 Å². The summed E-state index contributed by atoms with van der Waals surface area (Å²) < 4.78 is 5.54. The zero-order valence-corrected chi connectivity index (χ0v) is 19.4. The molecule has 0 aromatic heterocycles. The molecule has 2 aromatic carbocycles. The van der Waals surface area contributed by atoms with Crippen molar-refractivity contribution in [3.63, 3.8) is 0 Å². The van der Waals surface area contributed by atoms with E-state index in [1.165, 1.54) is 22.3 Å². The molecule has 2 amide bonds. The minimum absolute atomic E-state index is 0.0569. The Morgan fingerprint density at radius 1 is 0.912 bits per heavy atom. The lowest BCUT2D eigenvalue weighted by atomic mass is 9.96. The van der Waals surface area contributed by atoms with Gasteiger partial charge in [0.05, 0.1) is 6.42 Å². The second-order valence-corrected chi connectivity index (χ2v) is 9.18. The van der Waals surface area contributed by atoms with Crippen LogP contribution in [0.25, 0.3) is 11.1 Å². The van der Waals surface area contributed by atoms with Crippen molar-refractivity contribution < 1.29 is 24.2 Å². The van der Waals surface area contributed by atoms with Gasteiger partial charge in [-0.15, -0.1) is 0 Å². The fourth-order valence-corrected chi connectivity index (χ4v) is 4.90. The van der Waals surface area contributed by atoms with E-state index in [1.807, 2.05) is 24.3 Å². The molecule has 0 unspecified atom stereocenters. The van der Waals surface area contributed by atoms with Crippen molar-refractivity contribution in [3.8, 4) is 11.1 Å². The zero-order chi connectivity index (χ0) is 23.9. The summed E-state index contributed by atoms with van der Waals surface area (Å²) in [6, 6.07) is 16.5. The number of amides is 2. The molecule has 4 rings (SSSR count). The number of hydrogen-bond acceptors (Lipinski definition) is 4. The molecule has 0 saturated carbocycles. The van der Waals surface area contributed by atoms with Gasteiger partial charge in [0.1, 0.15) is 6.61 Å². The van der Waals surface area contributed by atoms with Crippen molar-refractivity contribution >= 4 is 18.0 Å². The van der Waals surface area contributed by atoms with Crippen LogP contribution in [0, 0.1) is 5.92 Å². The molecule has 2 aliphatic rings. The monoisotopic (exact) mass is 464 g/mol. The largest absolute Gasteiger partial charge is 0.481 e. The lowest BCUT2D eigenvalue weighted by Gasteiger charge is -2.38. The van der Waals surface area contributed by atoms with Crippen LogP contribution in [0.2, 0.25) is 0 Å². The topological polar surface area (TPSA) is 95.9 Å². The normalized spacial score (nSPS) is 14.8. The maximum absolute atomic E-state index is 12.2. The van der Waals surface area contributed by atoms with Crippen LogP contribution in [0.15, 0.2) is 48.5 Å². The molecule has 0 radical (unpaired) electrons. The summed E-state index contributed by atoms with van der Waals surface area (Å²) in [6.45, 7) is 1.99. The summed E-state index contributed by atoms with van der Waals surface area (Å²) >= 11 is 0. The number of unbranched alkanes of at least 4 members (excludes halogenated alkanes) is 3. The average Bonchev–Trinajstić information content (AvgIpc) is 3.12. The van der Waals surface area contributed by atoms with E-state index in [2.05, 4.69) is 29.6 Å². The number of fused-ring (bicyclic) bond motifs is 3. The van der Waals surface area contributed by atoms with Gasteiger partial charge in [-0.05, 0) is 35.1 Å². The second-order valence-electron chi connectivity index (χ2n) is 9.18. The molecule has 1 heterocycles. The van der Waals surface area contributed by atoms with Crippen LogP contribution in [0.1, 0.15) is 55.6 Å². The summed E-state index contributed by atoms with van der Waals surface area (Å²) in [5, 5.41) is 11.6. The Bertz CT molecular complexity index is 986. The number of carbonyl (C=O) groups excluding carboxylic acids is 2. The van der Waals surface area contributed by atoms with Gasteiger partial charge in [-0.25, -0.2) is 4.79 Å². The SMILES string of the molecule is O=C(O)CC1CN(C(=O)CCCCCCNC(=O)OCC2c3ccccc3-c3ccccc32)C1. The maximum Gasteiger partial charge on any atom is 0.407 e. The van der Waals surface area contributed by atoms with E-state index >= 15 is 0 Å². The van der Waals surface area contributed by atoms with Crippen molar-refractivity contribution in [2.45, 2.75) is 44.4 Å². The van der Waals surface area contributed by atoms with Crippen LogP contribution in [0.3, 0.4) is 0 Å². The molecule has 2 aromatic rings. The van der Waals surface area contributed by atoms with Gasteiger partial charge in [-0.2, -0.15) is 0 Å². The first-order chi connectivity index (χ1) is 16.5. The summed E-state index contributed by atoms with van der Waals surface area (Å²) in [7, 11) is 0. The minimum atomic E-state index is -0.802. The molecule has 7 nitrogen and oxygen atoms in total. The molecule has 7 heteroatoms. The van der Waals surface area contributed by atoms with E-state index in [9.17, 15) is 14.4 Å². The third-order valence-corrected chi connectivity index (χ3v) is 6.70. The first-order valence-corrected chi connectivity index (χ1v) is 12.1. The van der Waals surface area contributed by atoms with Crippen LogP contribution >= 0.6 is 0 Å². The molecule has 1 aliphatic carbocycles. The summed E-state index contributed by atoms with van der Waals surface area (Å²) in [5.41, 5.74) is 4.81. The molecule has 180 valence electrons. The van der Waals surface area contributed by atoms with E-state index in [1.54, 1.807) is 4.90 Å². The number of ether oxygens (including phenoxy) is 1. The zero-order valence-electron chi connectivity index (χ0n) is 19.4. The third-order valence-electron chi connectivity index (χ3n) is 6.70. The van der Waals surface area contributed by atoms with Gasteiger partial charge in [0.25, 0.3) is 0 Å². The fraction of sp³-hybridized carbons (Fsp3) is 0.444. The predicted octanol–water partition coefficient (Wildman–Crippen LogP) is 4.41. The van der Waals surface area contributed by atoms with Gasteiger partial charge >= 0.3 is 12.1 Å². The van der Waals surface area contributed by atoms with Crippen molar-refractivity contribution in [2.75, 3.05) is 26.2 Å². The first kappa shape index (κ1) is 23.8. The number of likely N-dealkylation sites (tertiary alicyclic amines) is 1. The summed E-state index contributed by atoms with van der Waals surface area (Å²) in [6.07, 6.45) is 3.74. The van der Waals surface area contributed by atoms with Crippen molar-refractivity contribution in [2.24, 2.45) is 5.92 Å². The molecular weight excluding hydrogens is 432 g/mol. The number of hydrogen-bond donors (Lipinski definition) is 2. The van der Waals surface area contributed by atoms with Gasteiger partial charge < -0.3 is 20.1 Å². The van der Waals surface area contributed by atoms with E-state index in [0.29, 0.717) is 32.7 Å². The molecule has 2 N–H and O–H groups in total. The van der Waals surface area contributed by atoms with Gasteiger partial charge in [0.2, 0.25) is 5.91 Å². The highest BCUT2D eigenvalue weighted by Gasteiger charge is 2.31. The van der Waals surface area contributed by atoms with Crippen molar-refractivity contribution in [1.82, 2.24) is 10.2 Å². The molecule has 0 spiro atoms. The molecule has 0 atom stereocenters. The minimum Gasteiger partial charge on any atom is -0.481 e. The molecule has 1 saturated heterocycles. The lowest BCUT2D eigenvalue weighted by molar-refractivity contribution is -0.145. The summed E-state index contributed by atoms with van der Waals surface area (Å²) in [5.74, 6) is -0.533. The maximum atomic E-state index is 12.2. The number of carboxylic acids is 1. The quantitative estimate of drug-likeness (QED) is 0.480. The Kier molecular flexibility index (Phi) is 7.83. The molecule has 1 aliphatic heterocycles. The smallest absolute Gasteiger partial charge is 0.407 e. The number of carbonyl (C=O) groups is 3. The standard InChI is InChI=1S/C27H32N2O5/c30-25(29-16-19(17-29)15-26(31)32)13-3-1-2-8-14-28-27(33)34-18-24-22-11-6-4-9-20(22)21-10-5-7-12-23(21)24/h4-7,9-12,19,24H,1-3,8,13-18H2,(H,28,33)(H,31,32). The molecule has 0 bridgehead atoms. The van der Waals surface area contributed by atoms with E-state index < -0.39 is 12.1 Å². The number of aliphatic carboxylic acids is 1. The predicted molar refractivity (Wildman–Crippen MR) is 128 cm³/mol. The second kappa shape index (κ2) is 11.2. The highest BCUT2D eigenvalue weighted by atomic mass is 16.5. The number of alkyl carbamates (subject to hydrolysis) is 1. The Hall–Kier alpha value is -3.35. The summed E-state index contributed by atoms with van der Waals surface area (Å²) in [4.78, 5) is 36.7. The molecule has 34 heavy (non-hydrogen) atoms. The van der Waals surface area contributed by atoms with Crippen LogP contribution in [-0.4, -0.2) is 54.2 Å². The van der Waals surface area contributed by atoms with Crippen LogP contribution in [0.5, 0.6) is 0 Å². The molecule has 1 fully saturated rings. The average molecular weight is 465 g/mol. The van der Waals surface area contributed by atoms with Gasteiger partial charge in [-0.3, -0.25) is 9.59 Å². The Labute approximate surface area is 200 Å². The first-order valence-electron chi connectivity index (χ1n) is 12.1. The number of nitrogens with zero attached hydrogens (tertiary/aromatic N) is 1. The highest BCUT2D eigenvalue weighted by Crippen LogP contribution is 2.44. The van der Waals surface area contributed by atoms with Crippen LogP contribution < -0.4 is 5.32 Å². The Morgan fingerprint density at radius 3 is 2.18 bits per heavy atom. The van der Waals surface area contributed by atoms with Crippen molar-refractivity contribution in [1.29, 1.82) is 0 Å². The highest BCUT2D eigenvalue weighted by molar-refractivity contribution is 5.79. The van der Waals surface area contributed by atoms with Crippen LogP contribution in [0.4, 0.5) is 4.79 Å². The fourth-order valence-electron chi connectivity index (χ4n) is 4.90. The van der Waals surface area contributed by atoms with E-state index in [0.717, 1.165) is 25.7 Å². The van der Waals surface area contributed by atoms with Crippen LogP contribution in [-0.2, 0) is 14.3 Å². The number of rotatable bonds is 11. The van der Waals surface area contributed by atoms with E-state index in [4.69, 9.17) is 9.84 Å². The Balaban J connectivity index is 1.07. The number of nitrogens with one attached hydrogen (secondary N) is 1. The van der Waals surface area contributed by atoms with Gasteiger partial charge in [-0.1, -0.05) is 61.4 Å². The Morgan fingerprint density at radius 2 is 1.53 bits per heavy atom. The van der Waals surface area contributed by atoms with Gasteiger partial charge in [0, 0.05) is 37.9 Å². The van der Waals surface area contributed by atoms with Gasteiger partial charge in [0.15, 0.2) is 0 Å². The third kappa shape index (κ3) is 5.76. The lowest BCUT2D eigenvalue weighted by Crippen LogP contribution is -2.50. The number of carboxylic acid groups (broad SMARTS) is 1. The number of benzene rings is 2. The van der Waals surface area contributed by atoms with E-state index in [-0.39, 0.29) is 24.2 Å².